The standard InChI is InChI=1S/C13H12ClFN2O2S/c1-8-2-3-9(15)6-13(8)17-20(18,19)10-4-5-11(14)12(16)7-10/h2-7,17H,16H2,1H3. The Hall–Kier alpha value is -1.79. The van der Waals surface area contributed by atoms with E-state index in [9.17, 15) is 12.8 Å². The van der Waals surface area contributed by atoms with E-state index in [4.69, 9.17) is 17.3 Å². The van der Waals surface area contributed by atoms with Gasteiger partial charge >= 0.3 is 0 Å². The number of hydrogen-bond acceptors (Lipinski definition) is 3. The highest BCUT2D eigenvalue weighted by atomic mass is 35.5. The molecule has 2 aromatic carbocycles. The van der Waals surface area contributed by atoms with Gasteiger partial charge in [0.15, 0.2) is 0 Å². The average Bonchev–Trinajstić information content (AvgIpc) is 2.36. The SMILES string of the molecule is Cc1ccc(F)cc1NS(=O)(=O)c1ccc(Cl)c(N)c1. The Morgan fingerprint density at radius 2 is 1.90 bits per heavy atom. The molecule has 0 atom stereocenters. The summed E-state index contributed by atoms with van der Waals surface area (Å²) in [7, 11) is -3.85. The van der Waals surface area contributed by atoms with Crippen LogP contribution in [-0.2, 0) is 10.0 Å². The predicted octanol–water partition coefficient (Wildman–Crippen LogP) is 3.17. The van der Waals surface area contributed by atoms with Crippen molar-refractivity contribution in [2.24, 2.45) is 0 Å². The van der Waals surface area contributed by atoms with Crippen molar-refractivity contribution in [1.29, 1.82) is 0 Å². The van der Waals surface area contributed by atoms with Crippen LogP contribution < -0.4 is 10.5 Å². The molecule has 2 aromatic rings. The molecule has 0 bridgehead atoms. The largest absolute Gasteiger partial charge is 0.397 e. The molecule has 0 amide bonds. The lowest BCUT2D eigenvalue weighted by atomic mass is 10.2. The van der Waals surface area contributed by atoms with Crippen LogP contribution in [0.1, 0.15) is 5.56 Å². The summed E-state index contributed by atoms with van der Waals surface area (Å²) in [4.78, 5) is -0.0388. The molecule has 0 radical (unpaired) electrons. The van der Waals surface area contributed by atoms with Gasteiger partial charge in [-0.05, 0) is 42.8 Å². The van der Waals surface area contributed by atoms with Gasteiger partial charge in [0.1, 0.15) is 5.82 Å². The van der Waals surface area contributed by atoms with Gasteiger partial charge in [-0.15, -0.1) is 0 Å². The lowest BCUT2D eigenvalue weighted by Crippen LogP contribution is -2.14. The highest BCUT2D eigenvalue weighted by Crippen LogP contribution is 2.25. The minimum Gasteiger partial charge on any atom is -0.397 e. The zero-order valence-electron chi connectivity index (χ0n) is 10.5. The lowest BCUT2D eigenvalue weighted by Gasteiger charge is -2.11. The van der Waals surface area contributed by atoms with Gasteiger partial charge in [-0.1, -0.05) is 17.7 Å². The minimum atomic E-state index is -3.85. The Morgan fingerprint density at radius 1 is 1.20 bits per heavy atom. The van der Waals surface area contributed by atoms with Gasteiger partial charge in [0, 0.05) is 0 Å². The van der Waals surface area contributed by atoms with Crippen molar-refractivity contribution in [3.05, 3.63) is 52.8 Å². The third-order valence-electron chi connectivity index (χ3n) is 2.72. The number of nitrogens with two attached hydrogens (primary N) is 1. The molecule has 0 saturated carbocycles. The molecular weight excluding hydrogens is 303 g/mol. The molecule has 0 heterocycles. The molecule has 0 aliphatic rings. The number of rotatable bonds is 3. The Labute approximate surface area is 121 Å². The van der Waals surface area contributed by atoms with Gasteiger partial charge in [-0.2, -0.15) is 0 Å². The third kappa shape index (κ3) is 3.02. The molecule has 2 rings (SSSR count). The maximum atomic E-state index is 13.2. The van der Waals surface area contributed by atoms with Gasteiger partial charge in [-0.3, -0.25) is 4.72 Å². The first-order chi connectivity index (χ1) is 9.29. The van der Waals surface area contributed by atoms with Crippen molar-refractivity contribution in [2.75, 3.05) is 10.5 Å². The Kier molecular flexibility index (Phi) is 3.87. The summed E-state index contributed by atoms with van der Waals surface area (Å²) in [5.41, 5.74) is 6.53. The zero-order valence-corrected chi connectivity index (χ0v) is 12.1. The van der Waals surface area contributed by atoms with Crippen LogP contribution in [-0.4, -0.2) is 8.42 Å². The van der Waals surface area contributed by atoms with Crippen molar-refractivity contribution >= 4 is 33.0 Å². The Morgan fingerprint density at radius 3 is 2.55 bits per heavy atom. The summed E-state index contributed by atoms with van der Waals surface area (Å²) in [5.74, 6) is -0.524. The van der Waals surface area contributed by atoms with E-state index in [1.807, 2.05) is 0 Å². The van der Waals surface area contributed by atoms with Crippen molar-refractivity contribution in [3.63, 3.8) is 0 Å². The smallest absolute Gasteiger partial charge is 0.261 e. The van der Waals surface area contributed by atoms with Gasteiger partial charge in [-0.25, -0.2) is 12.8 Å². The number of aryl methyl sites for hydroxylation is 1. The lowest BCUT2D eigenvalue weighted by molar-refractivity contribution is 0.601. The Balaban J connectivity index is 2.40. The maximum Gasteiger partial charge on any atom is 0.261 e. The second-order valence-electron chi connectivity index (χ2n) is 4.25. The van der Waals surface area contributed by atoms with Crippen LogP contribution >= 0.6 is 11.6 Å². The first-order valence-corrected chi connectivity index (χ1v) is 7.50. The summed E-state index contributed by atoms with van der Waals surface area (Å²) in [6, 6.07) is 7.84. The van der Waals surface area contributed by atoms with Gasteiger partial charge in [0.05, 0.1) is 21.3 Å². The van der Waals surface area contributed by atoms with E-state index in [0.29, 0.717) is 5.56 Å². The zero-order chi connectivity index (χ0) is 14.9. The number of anilines is 2. The number of nitrogens with one attached hydrogen (secondary N) is 1. The van der Waals surface area contributed by atoms with Gasteiger partial charge in [0.2, 0.25) is 0 Å². The fourth-order valence-corrected chi connectivity index (χ4v) is 2.87. The molecule has 3 N–H and O–H groups in total. The van der Waals surface area contributed by atoms with E-state index in [1.165, 1.54) is 30.3 Å². The molecule has 0 saturated heterocycles. The Bertz CT molecular complexity index is 763. The minimum absolute atomic E-state index is 0.0388. The second kappa shape index (κ2) is 5.30. The summed E-state index contributed by atoms with van der Waals surface area (Å²) in [6.45, 7) is 1.67. The summed E-state index contributed by atoms with van der Waals surface area (Å²) in [5, 5.41) is 0.269. The highest BCUT2D eigenvalue weighted by Gasteiger charge is 2.16. The number of sulfonamides is 1. The first-order valence-electron chi connectivity index (χ1n) is 5.63. The topological polar surface area (TPSA) is 72.2 Å². The summed E-state index contributed by atoms with van der Waals surface area (Å²) >= 11 is 5.75. The van der Waals surface area contributed by atoms with Gasteiger partial charge in [0.25, 0.3) is 10.0 Å². The molecular formula is C13H12ClFN2O2S. The molecule has 0 fully saturated rings. The van der Waals surface area contributed by atoms with Crippen LogP contribution in [0.3, 0.4) is 0 Å². The van der Waals surface area contributed by atoms with Crippen molar-refractivity contribution in [2.45, 2.75) is 11.8 Å². The molecule has 0 unspecified atom stereocenters. The summed E-state index contributed by atoms with van der Waals surface area (Å²) < 4.78 is 39.9. The van der Waals surface area contributed by atoms with Crippen molar-refractivity contribution in [3.8, 4) is 0 Å². The van der Waals surface area contributed by atoms with E-state index in [-0.39, 0.29) is 21.3 Å². The van der Waals surface area contributed by atoms with Gasteiger partial charge < -0.3 is 5.73 Å². The van der Waals surface area contributed by atoms with Crippen molar-refractivity contribution in [1.82, 2.24) is 0 Å². The monoisotopic (exact) mass is 314 g/mol. The molecule has 106 valence electrons. The average molecular weight is 315 g/mol. The molecule has 0 aliphatic heterocycles. The molecule has 0 spiro atoms. The van der Waals surface area contributed by atoms with E-state index < -0.39 is 15.8 Å². The van der Waals surface area contributed by atoms with Crippen molar-refractivity contribution < 1.29 is 12.8 Å². The third-order valence-corrected chi connectivity index (χ3v) is 4.43. The number of halogens is 2. The normalized spacial score (nSPS) is 11.3. The quantitative estimate of drug-likeness (QED) is 0.855. The molecule has 0 aromatic heterocycles. The number of nitrogen functional groups attached to an aromatic ring is 1. The van der Waals surface area contributed by atoms with E-state index in [1.54, 1.807) is 6.92 Å². The fraction of sp³-hybridized carbons (Fsp3) is 0.0769. The predicted molar refractivity (Wildman–Crippen MR) is 77.8 cm³/mol. The van der Waals surface area contributed by atoms with E-state index in [2.05, 4.69) is 4.72 Å². The van der Waals surface area contributed by atoms with Crippen LogP contribution in [0, 0.1) is 12.7 Å². The van der Waals surface area contributed by atoms with Crippen LogP contribution in [0.25, 0.3) is 0 Å². The van der Waals surface area contributed by atoms with Crippen LogP contribution in [0.4, 0.5) is 15.8 Å². The fourth-order valence-electron chi connectivity index (χ4n) is 1.60. The van der Waals surface area contributed by atoms with Crippen LogP contribution in [0.15, 0.2) is 41.3 Å². The highest BCUT2D eigenvalue weighted by molar-refractivity contribution is 7.92. The number of hydrogen-bond donors (Lipinski definition) is 2. The van der Waals surface area contributed by atoms with E-state index in [0.717, 1.165) is 6.07 Å². The molecule has 0 aliphatic carbocycles. The van der Waals surface area contributed by atoms with Crippen LogP contribution in [0.2, 0.25) is 5.02 Å². The molecule has 4 nitrogen and oxygen atoms in total. The molecule has 20 heavy (non-hydrogen) atoms. The first kappa shape index (κ1) is 14.6. The summed E-state index contributed by atoms with van der Waals surface area (Å²) in [6.07, 6.45) is 0. The van der Waals surface area contributed by atoms with E-state index >= 15 is 0 Å². The number of benzene rings is 2. The van der Waals surface area contributed by atoms with Crippen LogP contribution in [0.5, 0.6) is 0 Å². The maximum absolute atomic E-state index is 13.2. The molecule has 7 heteroatoms. The second-order valence-corrected chi connectivity index (χ2v) is 6.34.